The molecule has 1 aromatic rings. The maximum absolute atomic E-state index is 3.72. The lowest BCUT2D eigenvalue weighted by atomic mass is 9.88. The van der Waals surface area contributed by atoms with E-state index >= 15 is 0 Å². The quantitative estimate of drug-likeness (QED) is 0.908. The van der Waals surface area contributed by atoms with Gasteiger partial charge in [0.15, 0.2) is 0 Å². The third-order valence-electron chi connectivity index (χ3n) is 5.59. The van der Waals surface area contributed by atoms with Gasteiger partial charge in [0.25, 0.3) is 0 Å². The smallest absolute Gasteiger partial charge is 0.0322 e. The van der Waals surface area contributed by atoms with Crippen molar-refractivity contribution in [2.45, 2.75) is 58.5 Å². The fraction of sp³-hybridized carbons (Fsp3) is 0.684. The lowest BCUT2D eigenvalue weighted by Crippen LogP contribution is -2.44. The molecule has 21 heavy (non-hydrogen) atoms. The zero-order chi connectivity index (χ0) is 14.8. The molecule has 2 nitrogen and oxygen atoms in total. The molecule has 2 fully saturated rings. The predicted octanol–water partition coefficient (Wildman–Crippen LogP) is 3.83. The molecule has 116 valence electrons. The Morgan fingerprint density at radius 2 is 2.05 bits per heavy atom. The minimum absolute atomic E-state index is 0.550. The zero-order valence-corrected chi connectivity index (χ0v) is 13.9. The zero-order valence-electron chi connectivity index (χ0n) is 13.9. The van der Waals surface area contributed by atoms with Gasteiger partial charge in [-0.15, -0.1) is 0 Å². The van der Waals surface area contributed by atoms with Crippen molar-refractivity contribution in [2.75, 3.05) is 19.6 Å². The van der Waals surface area contributed by atoms with E-state index in [0.717, 1.165) is 12.0 Å². The molecule has 3 unspecified atom stereocenters. The number of likely N-dealkylation sites (tertiary alicyclic amines) is 1. The first-order valence-electron chi connectivity index (χ1n) is 8.70. The highest BCUT2D eigenvalue weighted by Crippen LogP contribution is 2.31. The third-order valence-corrected chi connectivity index (χ3v) is 5.59. The van der Waals surface area contributed by atoms with Crippen LogP contribution in [0.1, 0.15) is 55.3 Å². The van der Waals surface area contributed by atoms with Gasteiger partial charge in [0.1, 0.15) is 0 Å². The fourth-order valence-corrected chi connectivity index (χ4v) is 4.24. The molecule has 0 saturated carbocycles. The van der Waals surface area contributed by atoms with E-state index in [0.29, 0.717) is 6.04 Å². The Kier molecular flexibility index (Phi) is 4.66. The molecular weight excluding hydrogens is 256 g/mol. The van der Waals surface area contributed by atoms with E-state index in [1.807, 2.05) is 0 Å². The van der Waals surface area contributed by atoms with Gasteiger partial charge in [-0.2, -0.15) is 0 Å². The van der Waals surface area contributed by atoms with Crippen molar-refractivity contribution in [1.82, 2.24) is 10.2 Å². The van der Waals surface area contributed by atoms with Crippen molar-refractivity contribution in [2.24, 2.45) is 5.92 Å². The van der Waals surface area contributed by atoms with E-state index in [1.165, 1.54) is 62.0 Å². The molecule has 3 rings (SSSR count). The minimum atomic E-state index is 0.550. The molecule has 0 spiro atoms. The number of hydrogen-bond acceptors (Lipinski definition) is 2. The molecule has 0 radical (unpaired) electrons. The van der Waals surface area contributed by atoms with Crippen LogP contribution in [0.5, 0.6) is 0 Å². The second-order valence-electron chi connectivity index (χ2n) is 7.14. The number of hydrogen-bond donors (Lipinski definition) is 1. The summed E-state index contributed by atoms with van der Waals surface area (Å²) in [6, 6.07) is 8.22. The van der Waals surface area contributed by atoms with Crippen LogP contribution in [0.25, 0.3) is 0 Å². The first-order chi connectivity index (χ1) is 10.1. The number of aryl methyl sites for hydroxylation is 2. The van der Waals surface area contributed by atoms with Crippen LogP contribution in [0.4, 0.5) is 0 Å². The average molecular weight is 286 g/mol. The van der Waals surface area contributed by atoms with Crippen LogP contribution >= 0.6 is 0 Å². The Hall–Kier alpha value is -0.860. The topological polar surface area (TPSA) is 15.3 Å². The highest BCUT2D eigenvalue weighted by Gasteiger charge is 2.31. The summed E-state index contributed by atoms with van der Waals surface area (Å²) < 4.78 is 0. The van der Waals surface area contributed by atoms with Crippen molar-refractivity contribution in [3.63, 3.8) is 0 Å². The van der Waals surface area contributed by atoms with Crippen LogP contribution in [0.2, 0.25) is 0 Å². The predicted molar refractivity (Wildman–Crippen MR) is 89.7 cm³/mol. The first-order valence-corrected chi connectivity index (χ1v) is 8.70. The van der Waals surface area contributed by atoms with Gasteiger partial charge in [-0.05, 0) is 76.6 Å². The molecule has 1 N–H and O–H groups in total. The minimum Gasteiger partial charge on any atom is -0.314 e. The Labute approximate surface area is 129 Å². The van der Waals surface area contributed by atoms with E-state index in [9.17, 15) is 0 Å². The molecular formula is C19H30N2. The summed E-state index contributed by atoms with van der Waals surface area (Å²) in [6.45, 7) is 10.6. The van der Waals surface area contributed by atoms with Crippen molar-refractivity contribution in [3.05, 3.63) is 34.9 Å². The van der Waals surface area contributed by atoms with E-state index in [1.54, 1.807) is 0 Å². The van der Waals surface area contributed by atoms with Gasteiger partial charge in [0.05, 0.1) is 0 Å². The summed E-state index contributed by atoms with van der Waals surface area (Å²) in [5, 5.41) is 3.72. The van der Waals surface area contributed by atoms with Gasteiger partial charge in [0, 0.05) is 18.6 Å². The van der Waals surface area contributed by atoms with E-state index in [2.05, 4.69) is 49.2 Å². The molecule has 0 bridgehead atoms. The number of nitrogens with zero attached hydrogens (tertiary/aromatic N) is 1. The van der Waals surface area contributed by atoms with Crippen LogP contribution in [-0.4, -0.2) is 30.6 Å². The van der Waals surface area contributed by atoms with Gasteiger partial charge in [-0.1, -0.05) is 23.8 Å². The van der Waals surface area contributed by atoms with Crippen LogP contribution < -0.4 is 5.32 Å². The van der Waals surface area contributed by atoms with Crippen molar-refractivity contribution < 1.29 is 0 Å². The molecule has 2 heteroatoms. The van der Waals surface area contributed by atoms with E-state index < -0.39 is 0 Å². The summed E-state index contributed by atoms with van der Waals surface area (Å²) in [5.74, 6) is 0.855. The molecule has 1 aromatic carbocycles. The second-order valence-corrected chi connectivity index (χ2v) is 7.14. The molecule has 2 aliphatic heterocycles. The summed E-state index contributed by atoms with van der Waals surface area (Å²) in [7, 11) is 0. The number of piperidine rings is 1. The van der Waals surface area contributed by atoms with Gasteiger partial charge >= 0.3 is 0 Å². The van der Waals surface area contributed by atoms with Gasteiger partial charge in [-0.3, -0.25) is 4.90 Å². The van der Waals surface area contributed by atoms with Crippen molar-refractivity contribution >= 4 is 0 Å². The van der Waals surface area contributed by atoms with Crippen molar-refractivity contribution in [1.29, 1.82) is 0 Å². The highest BCUT2D eigenvalue weighted by atomic mass is 15.2. The molecule has 0 aliphatic carbocycles. The standard InChI is InChI=1S/C19H30N2/c1-14-8-9-15(2)18(12-14)16(3)21-11-5-6-17(13-21)19-7-4-10-20-19/h8-9,12,16-17,19-20H,4-7,10-11,13H2,1-3H3. The average Bonchev–Trinajstić information content (AvgIpc) is 3.03. The molecule has 0 amide bonds. The molecule has 2 heterocycles. The molecule has 0 aromatic heterocycles. The Bertz CT molecular complexity index is 476. The molecule has 2 aliphatic rings. The molecule has 2 saturated heterocycles. The maximum atomic E-state index is 3.72. The summed E-state index contributed by atoms with van der Waals surface area (Å²) in [4.78, 5) is 2.72. The SMILES string of the molecule is Cc1ccc(C)c(C(C)N2CCCC(C3CCCN3)C2)c1. The van der Waals surface area contributed by atoms with Crippen LogP contribution in [0.15, 0.2) is 18.2 Å². The second kappa shape index (κ2) is 6.50. The lowest BCUT2D eigenvalue weighted by molar-refractivity contribution is 0.114. The highest BCUT2D eigenvalue weighted by molar-refractivity contribution is 5.32. The number of rotatable bonds is 3. The van der Waals surface area contributed by atoms with Gasteiger partial charge in [-0.25, -0.2) is 0 Å². The summed E-state index contributed by atoms with van der Waals surface area (Å²) >= 11 is 0. The normalized spacial score (nSPS) is 28.7. The van der Waals surface area contributed by atoms with Crippen LogP contribution in [0, 0.1) is 19.8 Å². The van der Waals surface area contributed by atoms with Crippen molar-refractivity contribution in [3.8, 4) is 0 Å². The Morgan fingerprint density at radius 3 is 2.81 bits per heavy atom. The van der Waals surface area contributed by atoms with Crippen LogP contribution in [0.3, 0.4) is 0 Å². The monoisotopic (exact) mass is 286 g/mol. The van der Waals surface area contributed by atoms with Crippen LogP contribution in [-0.2, 0) is 0 Å². The maximum Gasteiger partial charge on any atom is 0.0322 e. The Balaban J connectivity index is 1.71. The Morgan fingerprint density at radius 1 is 1.19 bits per heavy atom. The third kappa shape index (κ3) is 3.32. The van der Waals surface area contributed by atoms with Gasteiger partial charge in [0.2, 0.25) is 0 Å². The largest absolute Gasteiger partial charge is 0.314 e. The summed E-state index contributed by atoms with van der Waals surface area (Å²) in [5.41, 5.74) is 4.35. The lowest BCUT2D eigenvalue weighted by Gasteiger charge is -2.39. The van der Waals surface area contributed by atoms with E-state index in [-0.39, 0.29) is 0 Å². The summed E-state index contributed by atoms with van der Waals surface area (Å²) in [6.07, 6.45) is 5.52. The number of nitrogens with one attached hydrogen (secondary N) is 1. The first kappa shape index (κ1) is 15.1. The van der Waals surface area contributed by atoms with Gasteiger partial charge < -0.3 is 5.32 Å². The number of benzene rings is 1. The van der Waals surface area contributed by atoms with E-state index in [4.69, 9.17) is 0 Å². The molecule has 3 atom stereocenters. The fourth-order valence-electron chi connectivity index (χ4n) is 4.24.